The molecule has 2 atom stereocenters. The van der Waals surface area contributed by atoms with Gasteiger partial charge in [0.15, 0.2) is 9.84 Å². The molecule has 0 aliphatic carbocycles. The molecule has 2 aliphatic rings. The molecule has 2 heterocycles. The minimum absolute atomic E-state index is 0.0140. The zero-order valence-corrected chi connectivity index (χ0v) is 13.2. The van der Waals surface area contributed by atoms with Gasteiger partial charge in [-0.15, -0.1) is 0 Å². The quantitative estimate of drug-likeness (QED) is 0.734. The standard InChI is InChI=1S/C13H25N3O3S/c1-11(9-16-6-4-15(2)5-7-16)14-13(17)12-3-8-20(18,19)10-12/h11-12H,3-10H2,1-2H3,(H,14,17)/t11-,12-/m0/s1. The Morgan fingerprint density at radius 2 is 1.95 bits per heavy atom. The molecule has 0 radical (unpaired) electrons. The second-order valence-electron chi connectivity index (χ2n) is 6.11. The Balaban J connectivity index is 1.74. The number of nitrogens with zero attached hydrogens (tertiary/aromatic N) is 2. The van der Waals surface area contributed by atoms with Crippen LogP contribution >= 0.6 is 0 Å². The SMILES string of the molecule is C[C@@H](CN1CCN(C)CC1)NC(=O)[C@H]1CCS(=O)(=O)C1. The summed E-state index contributed by atoms with van der Waals surface area (Å²) in [6, 6.07) is 0.0641. The van der Waals surface area contributed by atoms with Crippen LogP contribution in [0.4, 0.5) is 0 Å². The summed E-state index contributed by atoms with van der Waals surface area (Å²) in [7, 11) is -0.872. The number of rotatable bonds is 4. The molecule has 0 spiro atoms. The van der Waals surface area contributed by atoms with Crippen LogP contribution in [0.1, 0.15) is 13.3 Å². The molecule has 0 bridgehead atoms. The maximum atomic E-state index is 12.0. The second-order valence-corrected chi connectivity index (χ2v) is 8.34. The van der Waals surface area contributed by atoms with Crippen molar-refractivity contribution < 1.29 is 13.2 Å². The first-order valence-corrected chi connectivity index (χ1v) is 9.09. The summed E-state index contributed by atoms with van der Waals surface area (Å²) in [4.78, 5) is 16.7. The van der Waals surface area contributed by atoms with E-state index >= 15 is 0 Å². The molecule has 2 fully saturated rings. The lowest BCUT2D eigenvalue weighted by atomic mass is 10.1. The summed E-state index contributed by atoms with van der Waals surface area (Å²) >= 11 is 0. The molecule has 0 aromatic rings. The highest BCUT2D eigenvalue weighted by Gasteiger charge is 2.33. The number of carbonyl (C=O) groups excluding carboxylic acids is 1. The van der Waals surface area contributed by atoms with Gasteiger partial charge in [-0.25, -0.2) is 8.42 Å². The van der Waals surface area contributed by atoms with Crippen molar-refractivity contribution in [1.29, 1.82) is 0 Å². The summed E-state index contributed by atoms with van der Waals surface area (Å²) in [5.41, 5.74) is 0. The molecular weight excluding hydrogens is 278 g/mol. The number of likely N-dealkylation sites (N-methyl/N-ethyl adjacent to an activating group) is 1. The van der Waals surface area contributed by atoms with E-state index in [1.165, 1.54) is 0 Å². The lowest BCUT2D eigenvalue weighted by Gasteiger charge is -2.34. The normalized spacial score (nSPS) is 29.2. The van der Waals surface area contributed by atoms with Crippen LogP contribution in [0.15, 0.2) is 0 Å². The molecular formula is C13H25N3O3S. The van der Waals surface area contributed by atoms with E-state index in [1.54, 1.807) is 0 Å². The number of nitrogens with one attached hydrogen (secondary N) is 1. The van der Waals surface area contributed by atoms with E-state index in [4.69, 9.17) is 0 Å². The zero-order chi connectivity index (χ0) is 14.8. The van der Waals surface area contributed by atoms with Crippen LogP contribution in [0.2, 0.25) is 0 Å². The molecule has 1 N–H and O–H groups in total. The molecule has 0 unspecified atom stereocenters. The van der Waals surface area contributed by atoms with Crippen molar-refractivity contribution in [2.45, 2.75) is 19.4 Å². The first-order valence-electron chi connectivity index (χ1n) is 7.27. The molecule has 20 heavy (non-hydrogen) atoms. The first-order chi connectivity index (χ1) is 9.35. The molecule has 0 aromatic carbocycles. The molecule has 2 aliphatic heterocycles. The predicted molar refractivity (Wildman–Crippen MR) is 78.3 cm³/mol. The van der Waals surface area contributed by atoms with Crippen LogP contribution in [-0.4, -0.2) is 81.4 Å². The fourth-order valence-corrected chi connectivity index (χ4v) is 4.57. The highest BCUT2D eigenvalue weighted by molar-refractivity contribution is 7.91. The highest BCUT2D eigenvalue weighted by Crippen LogP contribution is 2.18. The van der Waals surface area contributed by atoms with E-state index in [9.17, 15) is 13.2 Å². The number of hydrogen-bond donors (Lipinski definition) is 1. The van der Waals surface area contributed by atoms with E-state index in [0.717, 1.165) is 32.7 Å². The summed E-state index contributed by atoms with van der Waals surface area (Å²) in [6.07, 6.45) is 0.468. The van der Waals surface area contributed by atoms with Gasteiger partial charge in [-0.1, -0.05) is 0 Å². The average molecular weight is 303 g/mol. The molecule has 7 heteroatoms. The van der Waals surface area contributed by atoms with E-state index < -0.39 is 9.84 Å². The van der Waals surface area contributed by atoms with Crippen LogP contribution in [-0.2, 0) is 14.6 Å². The number of sulfone groups is 1. The molecule has 1 amide bonds. The number of piperazine rings is 1. The lowest BCUT2D eigenvalue weighted by molar-refractivity contribution is -0.125. The topological polar surface area (TPSA) is 69.7 Å². The Morgan fingerprint density at radius 1 is 1.30 bits per heavy atom. The molecule has 2 rings (SSSR count). The largest absolute Gasteiger partial charge is 0.352 e. The Kier molecular flexibility index (Phi) is 5.04. The zero-order valence-electron chi connectivity index (χ0n) is 12.3. The monoisotopic (exact) mass is 303 g/mol. The van der Waals surface area contributed by atoms with E-state index in [0.29, 0.717) is 6.42 Å². The number of amides is 1. The van der Waals surface area contributed by atoms with Crippen molar-refractivity contribution in [3.63, 3.8) is 0 Å². The van der Waals surface area contributed by atoms with Crippen molar-refractivity contribution in [3.05, 3.63) is 0 Å². The van der Waals surface area contributed by atoms with E-state index in [-0.39, 0.29) is 29.4 Å². The van der Waals surface area contributed by atoms with Gasteiger partial charge in [0.05, 0.1) is 17.4 Å². The third-order valence-corrected chi connectivity index (χ3v) is 5.89. The van der Waals surface area contributed by atoms with Crippen molar-refractivity contribution in [3.8, 4) is 0 Å². The average Bonchev–Trinajstić information content (AvgIpc) is 2.73. The molecule has 0 saturated carbocycles. The fraction of sp³-hybridized carbons (Fsp3) is 0.923. The van der Waals surface area contributed by atoms with Gasteiger partial charge in [0, 0.05) is 38.8 Å². The Bertz CT molecular complexity index is 444. The van der Waals surface area contributed by atoms with Gasteiger partial charge in [0.2, 0.25) is 5.91 Å². The van der Waals surface area contributed by atoms with Crippen LogP contribution in [0.5, 0.6) is 0 Å². The Hall–Kier alpha value is -0.660. The fourth-order valence-electron chi connectivity index (χ4n) is 2.83. The van der Waals surface area contributed by atoms with Crippen LogP contribution < -0.4 is 5.32 Å². The van der Waals surface area contributed by atoms with Crippen LogP contribution in [0.3, 0.4) is 0 Å². The van der Waals surface area contributed by atoms with Gasteiger partial charge in [-0.2, -0.15) is 0 Å². The minimum atomic E-state index is -2.99. The molecule has 0 aromatic heterocycles. The van der Waals surface area contributed by atoms with E-state index in [2.05, 4.69) is 22.2 Å². The molecule has 6 nitrogen and oxygen atoms in total. The van der Waals surface area contributed by atoms with Gasteiger partial charge in [-0.3, -0.25) is 9.69 Å². The third kappa shape index (κ3) is 4.43. The van der Waals surface area contributed by atoms with Crippen molar-refractivity contribution in [2.24, 2.45) is 5.92 Å². The van der Waals surface area contributed by atoms with Gasteiger partial charge in [0.25, 0.3) is 0 Å². The van der Waals surface area contributed by atoms with Gasteiger partial charge in [0.1, 0.15) is 0 Å². The van der Waals surface area contributed by atoms with E-state index in [1.807, 2.05) is 6.92 Å². The summed E-state index contributed by atoms with van der Waals surface area (Å²) in [5.74, 6) is -0.291. The van der Waals surface area contributed by atoms with Crippen LogP contribution in [0, 0.1) is 5.92 Å². The lowest BCUT2D eigenvalue weighted by Crippen LogP contribution is -2.50. The van der Waals surface area contributed by atoms with Gasteiger partial charge in [-0.05, 0) is 20.4 Å². The maximum absolute atomic E-state index is 12.0. The third-order valence-electron chi connectivity index (χ3n) is 4.12. The molecule has 116 valence electrons. The van der Waals surface area contributed by atoms with Gasteiger partial charge < -0.3 is 10.2 Å². The maximum Gasteiger partial charge on any atom is 0.224 e. The summed E-state index contributed by atoms with van der Waals surface area (Å²) in [5, 5.41) is 2.96. The number of hydrogen-bond acceptors (Lipinski definition) is 5. The summed E-state index contributed by atoms with van der Waals surface area (Å²) < 4.78 is 22.8. The molecule has 2 saturated heterocycles. The smallest absolute Gasteiger partial charge is 0.224 e. The Morgan fingerprint density at radius 3 is 2.50 bits per heavy atom. The summed E-state index contributed by atoms with van der Waals surface area (Å²) in [6.45, 7) is 6.98. The highest BCUT2D eigenvalue weighted by atomic mass is 32.2. The van der Waals surface area contributed by atoms with Crippen molar-refractivity contribution >= 4 is 15.7 Å². The second kappa shape index (κ2) is 6.41. The minimum Gasteiger partial charge on any atom is -0.352 e. The van der Waals surface area contributed by atoms with Crippen LogP contribution in [0.25, 0.3) is 0 Å². The van der Waals surface area contributed by atoms with Crippen molar-refractivity contribution in [2.75, 3.05) is 51.3 Å². The first kappa shape index (κ1) is 15.7. The number of carbonyl (C=O) groups is 1. The van der Waals surface area contributed by atoms with Gasteiger partial charge >= 0.3 is 0 Å². The Labute approximate surface area is 121 Å². The predicted octanol–water partition coefficient (Wildman–Crippen LogP) is -0.827. The van der Waals surface area contributed by atoms with Crippen molar-refractivity contribution in [1.82, 2.24) is 15.1 Å².